The first-order valence-electron chi connectivity index (χ1n) is 15.2. The first-order chi connectivity index (χ1) is 21.5. The summed E-state index contributed by atoms with van der Waals surface area (Å²) in [5.74, 6) is -0.201. The molecule has 2 aliphatic rings. The Kier molecular flexibility index (Phi) is 10.0. The van der Waals surface area contributed by atoms with Gasteiger partial charge in [0.15, 0.2) is 5.75 Å². The van der Waals surface area contributed by atoms with Crippen LogP contribution in [-0.4, -0.2) is 58.0 Å². The Morgan fingerprint density at radius 3 is 2.24 bits per heavy atom. The first-order valence-corrected chi connectivity index (χ1v) is 16.6. The van der Waals surface area contributed by atoms with Crippen LogP contribution >= 0.6 is 0 Å². The average Bonchev–Trinajstić information content (AvgIpc) is 3.29. The number of para-hydroxylation sites is 3. The van der Waals surface area contributed by atoms with Gasteiger partial charge in [0.05, 0.1) is 11.4 Å². The fraction of sp³-hybridized carbons (Fsp3) is 0.394. The summed E-state index contributed by atoms with van der Waals surface area (Å²) in [5.41, 5.74) is 2.17. The van der Waals surface area contributed by atoms with Gasteiger partial charge in [-0.15, -0.1) is 13.2 Å². The molecule has 0 bridgehead atoms. The molecule has 5 rings (SSSR count). The SMILES string of the molecule is Cc1cccc(S(=O)(=O)Nc2ccc(C(=O)N3CCN(c4ccccc4OC(F)(F)F)CC3)cc2)c1/N=C\C1CCCCCC1. The van der Waals surface area contributed by atoms with E-state index in [1.165, 1.54) is 37.1 Å². The predicted molar refractivity (Wildman–Crippen MR) is 169 cm³/mol. The molecular weight excluding hydrogens is 605 g/mol. The minimum atomic E-state index is -4.81. The van der Waals surface area contributed by atoms with Crippen LogP contribution in [0.15, 0.2) is 76.6 Å². The van der Waals surface area contributed by atoms with Gasteiger partial charge in [-0.3, -0.25) is 14.5 Å². The molecule has 45 heavy (non-hydrogen) atoms. The van der Waals surface area contributed by atoms with Gasteiger partial charge in [0, 0.05) is 43.6 Å². The van der Waals surface area contributed by atoms with Crippen molar-refractivity contribution in [2.75, 3.05) is 35.8 Å². The highest BCUT2D eigenvalue weighted by atomic mass is 32.2. The van der Waals surface area contributed by atoms with Crippen LogP contribution in [0, 0.1) is 12.8 Å². The molecule has 3 aromatic carbocycles. The number of carbonyl (C=O) groups excluding carboxylic acids is 1. The molecule has 1 aliphatic heterocycles. The smallest absolute Gasteiger partial charge is 0.404 e. The van der Waals surface area contributed by atoms with Gasteiger partial charge in [-0.2, -0.15) is 0 Å². The number of alkyl halides is 3. The molecule has 0 spiro atoms. The zero-order valence-corrected chi connectivity index (χ0v) is 25.9. The Bertz CT molecular complexity index is 1610. The molecule has 1 saturated carbocycles. The number of carbonyl (C=O) groups is 1. The monoisotopic (exact) mass is 642 g/mol. The predicted octanol–water partition coefficient (Wildman–Crippen LogP) is 7.33. The number of aliphatic imine (C=N–C) groups is 1. The van der Waals surface area contributed by atoms with Crippen LogP contribution < -0.4 is 14.4 Å². The highest BCUT2D eigenvalue weighted by molar-refractivity contribution is 7.92. The van der Waals surface area contributed by atoms with E-state index < -0.39 is 16.4 Å². The third-order valence-electron chi connectivity index (χ3n) is 8.19. The van der Waals surface area contributed by atoms with Gasteiger partial charge in [-0.05, 0) is 73.7 Å². The Balaban J connectivity index is 1.23. The van der Waals surface area contributed by atoms with E-state index in [4.69, 9.17) is 0 Å². The van der Waals surface area contributed by atoms with Gasteiger partial charge in [0.2, 0.25) is 0 Å². The van der Waals surface area contributed by atoms with Gasteiger partial charge < -0.3 is 14.5 Å². The van der Waals surface area contributed by atoms with E-state index in [1.54, 1.807) is 46.2 Å². The molecule has 1 heterocycles. The molecule has 240 valence electrons. The molecule has 0 aromatic heterocycles. The summed E-state index contributed by atoms with van der Waals surface area (Å²) >= 11 is 0. The van der Waals surface area contributed by atoms with Crippen LogP contribution in [0.25, 0.3) is 0 Å². The lowest BCUT2D eigenvalue weighted by molar-refractivity contribution is -0.274. The summed E-state index contributed by atoms with van der Waals surface area (Å²) in [6.07, 6.45) is 3.96. The molecule has 1 amide bonds. The quantitative estimate of drug-likeness (QED) is 0.205. The number of piperazine rings is 1. The second-order valence-corrected chi connectivity index (χ2v) is 13.1. The molecule has 2 fully saturated rings. The number of aryl methyl sites for hydroxylation is 1. The molecule has 1 saturated heterocycles. The number of hydrogen-bond donors (Lipinski definition) is 1. The van der Waals surface area contributed by atoms with Crippen molar-refractivity contribution in [2.45, 2.75) is 56.7 Å². The fourth-order valence-electron chi connectivity index (χ4n) is 5.81. The van der Waals surface area contributed by atoms with Crippen LogP contribution in [0.5, 0.6) is 5.75 Å². The van der Waals surface area contributed by atoms with E-state index in [2.05, 4.69) is 14.5 Å². The van der Waals surface area contributed by atoms with E-state index >= 15 is 0 Å². The third kappa shape index (κ3) is 8.36. The normalized spacial score (nSPS) is 16.9. The van der Waals surface area contributed by atoms with Crippen molar-refractivity contribution in [3.8, 4) is 5.75 Å². The van der Waals surface area contributed by atoms with Gasteiger partial charge in [-0.1, -0.05) is 49.9 Å². The van der Waals surface area contributed by atoms with E-state index in [0.29, 0.717) is 54.7 Å². The zero-order chi connectivity index (χ0) is 32.0. The van der Waals surface area contributed by atoms with Crippen molar-refractivity contribution >= 4 is 39.2 Å². The number of halogens is 3. The molecular formula is C33H37F3N4O4S. The van der Waals surface area contributed by atoms with E-state index in [-0.39, 0.29) is 16.6 Å². The standard InChI is InChI=1S/C33H37F3N4O4S/c1-24-9-8-14-30(31(24)37-23-25-10-4-2-3-5-11-25)45(42,43)38-27-17-15-26(16-18-27)32(41)40-21-19-39(20-22-40)28-12-6-7-13-29(28)44-33(34,35)36/h6-9,12-18,23,25,38H,2-5,10-11,19-22H2,1H3/b37-23-. The molecule has 1 N–H and O–H groups in total. The Morgan fingerprint density at radius 1 is 0.911 bits per heavy atom. The molecule has 1 aliphatic carbocycles. The molecule has 12 heteroatoms. The van der Waals surface area contributed by atoms with Crippen LogP contribution in [-0.2, 0) is 10.0 Å². The topological polar surface area (TPSA) is 91.3 Å². The first kappa shape index (κ1) is 32.3. The van der Waals surface area contributed by atoms with E-state index in [1.807, 2.05) is 19.2 Å². The van der Waals surface area contributed by atoms with Crippen LogP contribution in [0.2, 0.25) is 0 Å². The maximum Gasteiger partial charge on any atom is 0.573 e. The van der Waals surface area contributed by atoms with Crippen LogP contribution in [0.1, 0.15) is 54.4 Å². The Hall–Kier alpha value is -4.06. The summed E-state index contributed by atoms with van der Waals surface area (Å²) in [4.78, 5) is 21.3. The van der Waals surface area contributed by atoms with Crippen molar-refractivity contribution < 1.29 is 31.1 Å². The number of anilines is 2. The molecule has 8 nitrogen and oxygen atoms in total. The number of rotatable bonds is 8. The number of nitrogens with one attached hydrogen (secondary N) is 1. The second kappa shape index (κ2) is 13.9. The van der Waals surface area contributed by atoms with Crippen molar-refractivity contribution in [1.82, 2.24) is 4.90 Å². The maximum atomic E-state index is 13.5. The molecule has 0 radical (unpaired) electrons. The van der Waals surface area contributed by atoms with Gasteiger partial charge in [-0.25, -0.2) is 8.42 Å². The zero-order valence-electron chi connectivity index (χ0n) is 25.1. The maximum absolute atomic E-state index is 13.5. The minimum absolute atomic E-state index is 0.0904. The molecule has 0 unspecified atom stereocenters. The molecule has 3 aromatic rings. The molecule has 0 atom stereocenters. The van der Waals surface area contributed by atoms with E-state index in [0.717, 1.165) is 31.2 Å². The van der Waals surface area contributed by atoms with Gasteiger partial charge in [0.25, 0.3) is 15.9 Å². The van der Waals surface area contributed by atoms with Crippen molar-refractivity contribution in [2.24, 2.45) is 10.9 Å². The largest absolute Gasteiger partial charge is 0.573 e. The number of ether oxygens (including phenoxy) is 1. The van der Waals surface area contributed by atoms with Crippen LogP contribution in [0.4, 0.5) is 30.2 Å². The third-order valence-corrected chi connectivity index (χ3v) is 9.60. The Morgan fingerprint density at radius 2 is 1.58 bits per heavy atom. The number of hydrogen-bond acceptors (Lipinski definition) is 6. The average molecular weight is 643 g/mol. The van der Waals surface area contributed by atoms with Gasteiger partial charge >= 0.3 is 6.36 Å². The number of nitrogens with zero attached hydrogens (tertiary/aromatic N) is 3. The van der Waals surface area contributed by atoms with Gasteiger partial charge in [0.1, 0.15) is 4.90 Å². The Labute approximate surface area is 262 Å². The minimum Gasteiger partial charge on any atom is -0.404 e. The summed E-state index contributed by atoms with van der Waals surface area (Å²) in [7, 11) is -3.97. The number of amides is 1. The van der Waals surface area contributed by atoms with Crippen molar-refractivity contribution in [1.29, 1.82) is 0 Å². The summed E-state index contributed by atoms with van der Waals surface area (Å²) in [5, 5.41) is 0. The fourth-order valence-corrected chi connectivity index (χ4v) is 7.09. The number of benzene rings is 3. The summed E-state index contributed by atoms with van der Waals surface area (Å²) < 4.78 is 72.3. The lowest BCUT2D eigenvalue weighted by Gasteiger charge is -2.36. The van der Waals surface area contributed by atoms with Crippen LogP contribution in [0.3, 0.4) is 0 Å². The lowest BCUT2D eigenvalue weighted by atomic mass is 10.0. The van der Waals surface area contributed by atoms with Crippen molar-refractivity contribution in [3.63, 3.8) is 0 Å². The highest BCUT2D eigenvalue weighted by Crippen LogP contribution is 2.34. The van der Waals surface area contributed by atoms with Crippen molar-refractivity contribution in [3.05, 3.63) is 77.9 Å². The number of sulfonamides is 1. The summed E-state index contributed by atoms with van der Waals surface area (Å²) in [6.45, 7) is 3.08. The van der Waals surface area contributed by atoms with E-state index in [9.17, 15) is 26.4 Å². The second-order valence-electron chi connectivity index (χ2n) is 11.4. The summed E-state index contributed by atoms with van der Waals surface area (Å²) in [6, 6.07) is 17.2. The highest BCUT2D eigenvalue weighted by Gasteiger charge is 2.33. The lowest BCUT2D eigenvalue weighted by Crippen LogP contribution is -2.49.